The lowest BCUT2D eigenvalue weighted by Gasteiger charge is -2.09. The molecule has 6 rings (SSSR count). The average molecular weight is 492 g/mol. The molecule has 5 aromatic rings. The maximum absolute atomic E-state index is 13.1. The van der Waals surface area contributed by atoms with Gasteiger partial charge in [-0.3, -0.25) is 14.9 Å². The average Bonchev–Trinajstić information content (AvgIpc) is 3.59. The molecule has 1 aliphatic heterocycles. The Balaban J connectivity index is 1.42. The maximum Gasteiger partial charge on any atom is 0.275 e. The Morgan fingerprint density at radius 3 is 2.51 bits per heavy atom. The molecule has 7 nitrogen and oxygen atoms in total. The van der Waals surface area contributed by atoms with Crippen molar-refractivity contribution >= 4 is 44.9 Å². The molecule has 0 aliphatic carbocycles. The van der Waals surface area contributed by atoms with Gasteiger partial charge in [0.25, 0.3) is 11.8 Å². The van der Waals surface area contributed by atoms with E-state index in [9.17, 15) is 14.7 Å². The smallest absolute Gasteiger partial charge is 0.275 e. The summed E-state index contributed by atoms with van der Waals surface area (Å²) < 4.78 is 9.76. The highest BCUT2D eigenvalue weighted by molar-refractivity contribution is 6.47. The number of aliphatic hydroxyl groups excluding tert-OH is 1. The van der Waals surface area contributed by atoms with Crippen LogP contribution in [0.4, 0.5) is 0 Å². The number of fused-ring (bicyclic) bond motifs is 2. The third kappa shape index (κ3) is 4.09. The van der Waals surface area contributed by atoms with Gasteiger partial charge < -0.3 is 19.0 Å². The van der Waals surface area contributed by atoms with Crippen molar-refractivity contribution in [3.8, 4) is 5.75 Å². The second kappa shape index (κ2) is 9.44. The Bertz CT molecular complexity index is 1680. The first-order chi connectivity index (χ1) is 18.1. The number of aromatic nitrogens is 2. The molecule has 0 spiro atoms. The first kappa shape index (κ1) is 22.8. The van der Waals surface area contributed by atoms with E-state index in [1.807, 2.05) is 95.8 Å². The zero-order valence-electron chi connectivity index (χ0n) is 20.1. The molecular weight excluding hydrogens is 466 g/mol. The van der Waals surface area contributed by atoms with E-state index in [4.69, 9.17) is 4.74 Å². The van der Waals surface area contributed by atoms with Gasteiger partial charge in [-0.15, -0.1) is 0 Å². The van der Waals surface area contributed by atoms with E-state index in [-0.39, 0.29) is 6.61 Å². The SMILES string of the molecule is O=C1NC(=O)C(n2ccc3cc(OCc4ccccc4)ccc32)=C1c1cn(CCCO)c2ccccc12. The Hall–Kier alpha value is -4.62. The summed E-state index contributed by atoms with van der Waals surface area (Å²) in [5, 5.41) is 13.6. The van der Waals surface area contributed by atoms with Crippen LogP contribution in [-0.4, -0.2) is 32.7 Å². The van der Waals surface area contributed by atoms with Crippen LogP contribution in [0.1, 0.15) is 17.5 Å². The van der Waals surface area contributed by atoms with Crippen molar-refractivity contribution in [2.75, 3.05) is 6.61 Å². The number of imide groups is 1. The zero-order valence-corrected chi connectivity index (χ0v) is 20.1. The molecule has 184 valence electrons. The van der Waals surface area contributed by atoms with Crippen molar-refractivity contribution in [2.24, 2.45) is 0 Å². The number of hydrogen-bond donors (Lipinski definition) is 2. The Labute approximate surface area is 213 Å². The third-order valence-electron chi connectivity index (χ3n) is 6.67. The summed E-state index contributed by atoms with van der Waals surface area (Å²) in [6.45, 7) is 1.13. The fourth-order valence-electron chi connectivity index (χ4n) is 4.94. The van der Waals surface area contributed by atoms with Crippen LogP contribution in [0.15, 0.2) is 91.3 Å². The predicted molar refractivity (Wildman–Crippen MR) is 143 cm³/mol. The monoisotopic (exact) mass is 491 g/mol. The Morgan fingerprint density at radius 2 is 1.68 bits per heavy atom. The van der Waals surface area contributed by atoms with Gasteiger partial charge in [0.2, 0.25) is 0 Å². The quantitative estimate of drug-likeness (QED) is 0.311. The van der Waals surface area contributed by atoms with Crippen LogP contribution in [0.25, 0.3) is 33.1 Å². The lowest BCUT2D eigenvalue weighted by Crippen LogP contribution is -2.23. The van der Waals surface area contributed by atoms with Gasteiger partial charge in [0, 0.05) is 47.4 Å². The highest BCUT2D eigenvalue weighted by Gasteiger charge is 2.34. The maximum atomic E-state index is 13.1. The van der Waals surface area contributed by atoms with Gasteiger partial charge in [-0.25, -0.2) is 0 Å². The van der Waals surface area contributed by atoms with Crippen LogP contribution >= 0.6 is 0 Å². The van der Waals surface area contributed by atoms with E-state index < -0.39 is 11.8 Å². The van der Waals surface area contributed by atoms with Crippen LogP contribution in [-0.2, 0) is 22.7 Å². The molecular formula is C30H25N3O4. The molecule has 0 bridgehead atoms. The van der Waals surface area contributed by atoms with E-state index >= 15 is 0 Å². The molecule has 7 heteroatoms. The molecule has 0 unspecified atom stereocenters. The Morgan fingerprint density at radius 1 is 0.865 bits per heavy atom. The molecule has 0 fully saturated rings. The van der Waals surface area contributed by atoms with Crippen molar-refractivity contribution in [1.29, 1.82) is 0 Å². The molecule has 0 atom stereocenters. The van der Waals surface area contributed by atoms with E-state index in [1.54, 1.807) is 4.57 Å². The highest BCUT2D eigenvalue weighted by atomic mass is 16.5. The van der Waals surface area contributed by atoms with Crippen LogP contribution in [0.2, 0.25) is 0 Å². The summed E-state index contributed by atoms with van der Waals surface area (Å²) in [5.41, 5.74) is 4.15. The molecule has 0 saturated carbocycles. The molecule has 2 aromatic heterocycles. The van der Waals surface area contributed by atoms with Gasteiger partial charge >= 0.3 is 0 Å². The minimum atomic E-state index is -0.436. The molecule has 0 radical (unpaired) electrons. The van der Waals surface area contributed by atoms with Gasteiger partial charge in [0.1, 0.15) is 18.1 Å². The van der Waals surface area contributed by atoms with E-state index in [0.717, 1.165) is 33.1 Å². The number of amides is 2. The normalized spacial score (nSPS) is 13.6. The number of aliphatic hydroxyl groups is 1. The van der Waals surface area contributed by atoms with E-state index in [1.165, 1.54) is 0 Å². The fraction of sp³-hybridized carbons (Fsp3) is 0.133. The van der Waals surface area contributed by atoms with Crippen molar-refractivity contribution in [3.63, 3.8) is 0 Å². The first-order valence-electron chi connectivity index (χ1n) is 12.2. The standard InChI is InChI=1S/C30H25N3O4/c34-16-6-14-32-18-24(23-9-4-5-10-26(23)32)27-28(30(36)31-29(27)35)33-15-13-21-17-22(11-12-25(21)33)37-19-20-7-2-1-3-8-20/h1-5,7-13,15,17-18,34H,6,14,16,19H2,(H,31,35,36). The first-order valence-corrected chi connectivity index (χ1v) is 12.2. The number of nitrogens with zero attached hydrogens (tertiary/aromatic N) is 2. The highest BCUT2D eigenvalue weighted by Crippen LogP contribution is 2.36. The molecule has 3 aromatic carbocycles. The number of carbonyl (C=O) groups excluding carboxylic acids is 2. The largest absolute Gasteiger partial charge is 0.489 e. The second-order valence-corrected chi connectivity index (χ2v) is 9.02. The number of para-hydroxylation sites is 1. The van der Waals surface area contributed by atoms with Crippen LogP contribution in [0.3, 0.4) is 0 Å². The molecule has 37 heavy (non-hydrogen) atoms. The summed E-state index contributed by atoms with van der Waals surface area (Å²) >= 11 is 0. The minimum Gasteiger partial charge on any atom is -0.489 e. The van der Waals surface area contributed by atoms with Crippen molar-refractivity contribution < 1.29 is 19.4 Å². The summed E-state index contributed by atoms with van der Waals surface area (Å²) in [6.07, 6.45) is 4.30. The number of rotatable bonds is 8. The topological polar surface area (TPSA) is 85.5 Å². The lowest BCUT2D eigenvalue weighted by molar-refractivity contribution is -0.122. The number of carbonyl (C=O) groups is 2. The van der Waals surface area contributed by atoms with Crippen LogP contribution < -0.4 is 10.1 Å². The zero-order chi connectivity index (χ0) is 25.4. The number of nitrogens with one attached hydrogen (secondary N) is 1. The van der Waals surface area contributed by atoms with Crippen molar-refractivity contribution in [3.05, 3.63) is 102 Å². The van der Waals surface area contributed by atoms with Crippen LogP contribution in [0, 0.1) is 0 Å². The van der Waals surface area contributed by atoms with Crippen molar-refractivity contribution in [1.82, 2.24) is 14.5 Å². The summed E-state index contributed by atoms with van der Waals surface area (Å²) in [5.74, 6) is -0.133. The van der Waals surface area contributed by atoms with Gasteiger partial charge in [0.05, 0.1) is 11.1 Å². The Kier molecular flexibility index (Phi) is 5.82. The number of ether oxygens (including phenoxy) is 1. The van der Waals surface area contributed by atoms with Crippen molar-refractivity contribution in [2.45, 2.75) is 19.6 Å². The minimum absolute atomic E-state index is 0.0706. The summed E-state index contributed by atoms with van der Waals surface area (Å²) in [4.78, 5) is 26.2. The third-order valence-corrected chi connectivity index (χ3v) is 6.67. The second-order valence-electron chi connectivity index (χ2n) is 9.02. The predicted octanol–water partition coefficient (Wildman–Crippen LogP) is 4.58. The molecule has 3 heterocycles. The summed E-state index contributed by atoms with van der Waals surface area (Å²) in [6, 6.07) is 25.4. The molecule has 0 saturated heterocycles. The number of benzene rings is 3. The fourth-order valence-corrected chi connectivity index (χ4v) is 4.94. The molecule has 2 N–H and O–H groups in total. The van der Waals surface area contributed by atoms with Gasteiger partial charge in [-0.2, -0.15) is 0 Å². The van der Waals surface area contributed by atoms with Gasteiger partial charge in [-0.1, -0.05) is 48.5 Å². The van der Waals surface area contributed by atoms with E-state index in [2.05, 4.69) is 5.32 Å². The van der Waals surface area contributed by atoms with Gasteiger partial charge in [-0.05, 0) is 42.3 Å². The lowest BCUT2D eigenvalue weighted by atomic mass is 10.0. The number of hydrogen-bond acceptors (Lipinski definition) is 4. The van der Waals surface area contributed by atoms with Gasteiger partial charge in [0.15, 0.2) is 0 Å². The number of aryl methyl sites for hydroxylation is 1. The van der Waals surface area contributed by atoms with Crippen LogP contribution in [0.5, 0.6) is 5.75 Å². The molecule has 1 aliphatic rings. The summed E-state index contributed by atoms with van der Waals surface area (Å²) in [7, 11) is 0. The van der Waals surface area contributed by atoms with E-state index in [0.29, 0.717) is 36.4 Å². The molecule has 2 amide bonds.